The fraction of sp³-hybridized carbons (Fsp3) is 0.217. The van der Waals surface area contributed by atoms with Crippen LogP contribution in [-0.4, -0.2) is 50.7 Å². The average Bonchev–Trinajstić information content (AvgIpc) is 3.36. The molecule has 0 radical (unpaired) electrons. The van der Waals surface area contributed by atoms with Crippen molar-refractivity contribution in [3.63, 3.8) is 0 Å². The second-order valence-electron chi connectivity index (χ2n) is 7.31. The van der Waals surface area contributed by atoms with Crippen molar-refractivity contribution in [2.24, 2.45) is 0 Å². The number of nitrogens with zero attached hydrogens (tertiary/aromatic N) is 4. The Morgan fingerprint density at radius 2 is 1.91 bits per heavy atom. The largest absolute Gasteiger partial charge is 0.449 e. The Hall–Kier alpha value is -4.54. The normalized spacial score (nSPS) is 10.6. The number of fused-ring (bicyclic) bond motifs is 1. The number of ether oxygens (including phenoxy) is 1. The Bertz CT molecular complexity index is 1260. The molecule has 0 bridgehead atoms. The molecule has 0 atom stereocenters. The predicted octanol–water partition coefficient (Wildman–Crippen LogP) is 3.03. The maximum Gasteiger partial charge on any atom is 0.407 e. The van der Waals surface area contributed by atoms with Crippen molar-refractivity contribution in [3.8, 4) is 11.1 Å². The summed E-state index contributed by atoms with van der Waals surface area (Å²) >= 11 is 0. The molecule has 0 aliphatic rings. The minimum Gasteiger partial charge on any atom is -0.449 e. The topological polar surface area (TPSA) is 147 Å². The van der Waals surface area contributed by atoms with Gasteiger partial charge in [0.15, 0.2) is 0 Å². The van der Waals surface area contributed by atoms with E-state index in [-0.39, 0.29) is 19.2 Å². The van der Waals surface area contributed by atoms with Crippen LogP contribution < -0.4 is 16.0 Å². The van der Waals surface area contributed by atoms with Gasteiger partial charge < -0.3 is 15.4 Å². The molecule has 0 aliphatic heterocycles. The van der Waals surface area contributed by atoms with Crippen LogP contribution in [0, 0.1) is 0 Å². The zero-order chi connectivity index (χ0) is 23.8. The molecule has 4 aromatic rings. The highest BCUT2D eigenvalue weighted by atomic mass is 16.5. The van der Waals surface area contributed by atoms with Gasteiger partial charge in [0, 0.05) is 43.5 Å². The van der Waals surface area contributed by atoms with Crippen molar-refractivity contribution in [2.75, 3.05) is 18.5 Å². The molecule has 174 valence electrons. The van der Waals surface area contributed by atoms with Gasteiger partial charge in [-0.25, -0.2) is 14.6 Å². The van der Waals surface area contributed by atoms with Crippen LogP contribution in [0.15, 0.2) is 55.1 Å². The average molecular weight is 460 g/mol. The fourth-order valence-corrected chi connectivity index (χ4v) is 3.44. The van der Waals surface area contributed by atoms with E-state index in [2.05, 4.69) is 41.3 Å². The third-order valence-corrected chi connectivity index (χ3v) is 5.04. The number of pyridine rings is 2. The molecule has 1 aromatic carbocycles. The minimum absolute atomic E-state index is 0.191. The van der Waals surface area contributed by atoms with Gasteiger partial charge in [-0.15, -0.1) is 0 Å². The maximum absolute atomic E-state index is 12.2. The lowest BCUT2D eigenvalue weighted by Gasteiger charge is -2.14. The number of alkyl carbamates (subject to hydrolysis) is 1. The number of hydrogen-bond acceptors (Lipinski definition) is 7. The summed E-state index contributed by atoms with van der Waals surface area (Å²) in [5.41, 5.74) is 3.51. The van der Waals surface area contributed by atoms with Crippen LogP contribution in [-0.2, 0) is 17.7 Å². The molecule has 0 saturated carbocycles. The standard InChI is InChI=1S/C23H24N8O3/c1-2-25-22(32)29-21-11-19-18(15-5-8-24-9-6-15)4-3-16(20(19)14-26-21)12-27-23(33)34-10-7-17-13-28-31-30-17/h3-6,8-9,11,13-14H,2,7,10,12H2,1H3,(H,27,33)(H,28,30,31)(H2,25,26,29,32). The lowest BCUT2D eigenvalue weighted by molar-refractivity contribution is 0.146. The smallest absolute Gasteiger partial charge is 0.407 e. The van der Waals surface area contributed by atoms with Crippen LogP contribution >= 0.6 is 0 Å². The van der Waals surface area contributed by atoms with Gasteiger partial charge in [-0.3, -0.25) is 10.3 Å². The molecule has 0 unspecified atom stereocenters. The Kier molecular flexibility index (Phi) is 7.23. The molecular weight excluding hydrogens is 436 g/mol. The molecule has 34 heavy (non-hydrogen) atoms. The first kappa shape index (κ1) is 22.6. The van der Waals surface area contributed by atoms with Crippen LogP contribution in [0.2, 0.25) is 0 Å². The van der Waals surface area contributed by atoms with Gasteiger partial charge in [-0.05, 0) is 47.2 Å². The Labute approximate surface area is 195 Å². The van der Waals surface area contributed by atoms with Crippen LogP contribution in [0.4, 0.5) is 15.4 Å². The van der Waals surface area contributed by atoms with Gasteiger partial charge in [0.05, 0.1) is 18.5 Å². The van der Waals surface area contributed by atoms with Crippen molar-refractivity contribution in [1.82, 2.24) is 36.0 Å². The minimum atomic E-state index is -0.530. The summed E-state index contributed by atoms with van der Waals surface area (Å²) in [6, 6.07) is 9.23. The third-order valence-electron chi connectivity index (χ3n) is 5.04. The summed E-state index contributed by atoms with van der Waals surface area (Å²) in [5, 5.41) is 20.1. The molecule has 3 amide bonds. The first-order valence-electron chi connectivity index (χ1n) is 10.8. The summed E-state index contributed by atoms with van der Waals surface area (Å²) in [6.07, 6.45) is 6.66. The lowest BCUT2D eigenvalue weighted by atomic mass is 9.96. The molecule has 3 aromatic heterocycles. The number of urea groups is 1. The number of aromatic amines is 1. The zero-order valence-electron chi connectivity index (χ0n) is 18.5. The number of amides is 3. The first-order chi connectivity index (χ1) is 16.6. The Balaban J connectivity index is 1.53. The highest BCUT2D eigenvalue weighted by molar-refractivity contribution is 6.00. The maximum atomic E-state index is 12.2. The van der Waals surface area contributed by atoms with Crippen molar-refractivity contribution < 1.29 is 14.3 Å². The van der Waals surface area contributed by atoms with Crippen molar-refractivity contribution in [2.45, 2.75) is 19.9 Å². The van der Waals surface area contributed by atoms with Gasteiger partial charge in [0.1, 0.15) is 5.82 Å². The van der Waals surface area contributed by atoms with E-state index >= 15 is 0 Å². The number of carbonyl (C=O) groups is 2. The van der Waals surface area contributed by atoms with Crippen LogP contribution in [0.1, 0.15) is 18.2 Å². The Morgan fingerprint density at radius 3 is 2.68 bits per heavy atom. The zero-order valence-corrected chi connectivity index (χ0v) is 18.5. The van der Waals surface area contributed by atoms with E-state index in [1.165, 1.54) is 0 Å². The summed E-state index contributed by atoms with van der Waals surface area (Å²) < 4.78 is 5.22. The number of hydrogen-bond donors (Lipinski definition) is 4. The van der Waals surface area contributed by atoms with Crippen LogP contribution in [0.5, 0.6) is 0 Å². The molecule has 0 spiro atoms. The number of aromatic nitrogens is 5. The monoisotopic (exact) mass is 460 g/mol. The quantitative estimate of drug-likeness (QED) is 0.316. The molecule has 4 rings (SSSR count). The lowest BCUT2D eigenvalue weighted by Crippen LogP contribution is -2.28. The molecule has 11 nitrogen and oxygen atoms in total. The first-order valence-corrected chi connectivity index (χ1v) is 10.8. The number of H-pyrrole nitrogens is 1. The second-order valence-corrected chi connectivity index (χ2v) is 7.31. The molecule has 4 N–H and O–H groups in total. The fourth-order valence-electron chi connectivity index (χ4n) is 3.44. The van der Waals surface area contributed by atoms with Gasteiger partial charge in [0.25, 0.3) is 0 Å². The van der Waals surface area contributed by atoms with Gasteiger partial charge in [-0.2, -0.15) is 15.4 Å². The highest BCUT2D eigenvalue weighted by Crippen LogP contribution is 2.31. The molecular formula is C23H24N8O3. The van der Waals surface area contributed by atoms with Gasteiger partial charge >= 0.3 is 12.1 Å². The van der Waals surface area contributed by atoms with E-state index in [0.29, 0.717) is 24.5 Å². The van der Waals surface area contributed by atoms with E-state index in [1.807, 2.05) is 37.3 Å². The molecule has 11 heteroatoms. The van der Waals surface area contributed by atoms with Crippen LogP contribution in [0.3, 0.4) is 0 Å². The summed E-state index contributed by atoms with van der Waals surface area (Å²) in [4.78, 5) is 32.6. The predicted molar refractivity (Wildman–Crippen MR) is 126 cm³/mol. The number of carbonyl (C=O) groups excluding carboxylic acids is 2. The van der Waals surface area contributed by atoms with Gasteiger partial charge in [0.2, 0.25) is 0 Å². The van der Waals surface area contributed by atoms with E-state index in [0.717, 1.165) is 27.5 Å². The third kappa shape index (κ3) is 5.63. The van der Waals surface area contributed by atoms with E-state index in [4.69, 9.17) is 4.74 Å². The van der Waals surface area contributed by atoms with E-state index in [1.54, 1.807) is 24.8 Å². The van der Waals surface area contributed by atoms with E-state index in [9.17, 15) is 9.59 Å². The molecule has 0 saturated heterocycles. The van der Waals surface area contributed by atoms with Crippen LogP contribution in [0.25, 0.3) is 21.9 Å². The Morgan fingerprint density at radius 1 is 1.06 bits per heavy atom. The number of anilines is 1. The SMILES string of the molecule is CCNC(=O)Nc1cc2c(-c3ccncc3)ccc(CNC(=O)OCCc3cn[nH]n3)c2cn1. The van der Waals surface area contributed by atoms with Crippen molar-refractivity contribution in [3.05, 3.63) is 66.4 Å². The second kappa shape index (κ2) is 10.9. The van der Waals surface area contributed by atoms with E-state index < -0.39 is 6.09 Å². The highest BCUT2D eigenvalue weighted by Gasteiger charge is 2.12. The van der Waals surface area contributed by atoms with Crippen molar-refractivity contribution in [1.29, 1.82) is 0 Å². The summed E-state index contributed by atoms with van der Waals surface area (Å²) in [5.74, 6) is 0.422. The number of benzene rings is 1. The molecule has 0 aliphatic carbocycles. The molecule has 0 fully saturated rings. The number of rotatable bonds is 8. The summed E-state index contributed by atoms with van der Waals surface area (Å²) in [7, 11) is 0. The summed E-state index contributed by atoms with van der Waals surface area (Å²) in [6.45, 7) is 2.79. The number of nitrogens with one attached hydrogen (secondary N) is 4. The van der Waals surface area contributed by atoms with Gasteiger partial charge in [-0.1, -0.05) is 12.1 Å². The van der Waals surface area contributed by atoms with Crippen molar-refractivity contribution >= 4 is 28.7 Å². The molecule has 3 heterocycles.